The molecule has 32 heavy (non-hydrogen) atoms. The van der Waals surface area contributed by atoms with Crippen molar-refractivity contribution in [2.45, 2.75) is 13.0 Å². The van der Waals surface area contributed by atoms with Gasteiger partial charge in [-0.25, -0.2) is 0 Å². The van der Waals surface area contributed by atoms with E-state index in [4.69, 9.17) is 4.74 Å². The number of amides is 2. The molecule has 2 amide bonds. The van der Waals surface area contributed by atoms with Crippen LogP contribution in [0.15, 0.2) is 72.9 Å². The number of carbonyl (C=O) groups is 2. The molecule has 0 aliphatic carbocycles. The molecule has 3 aromatic carbocycles. The zero-order valence-electron chi connectivity index (χ0n) is 17.9. The van der Waals surface area contributed by atoms with Crippen LogP contribution >= 0.6 is 0 Å². The Hall–Kier alpha value is -4.06. The minimum Gasteiger partial charge on any atom is -0.489 e. The summed E-state index contributed by atoms with van der Waals surface area (Å²) in [4.78, 5) is 30.8. The normalized spacial score (nSPS) is 15.8. The zero-order valence-corrected chi connectivity index (χ0v) is 17.9. The Morgan fingerprint density at radius 3 is 2.78 bits per heavy atom. The number of fused-ring (bicyclic) bond motifs is 2. The monoisotopic (exact) mass is 425 g/mol. The number of hydrogen-bond donors (Lipinski definition) is 2. The Kier molecular flexibility index (Phi) is 4.90. The standard InChI is InChI=1S/C26H23N3O3/c1-16-6-5-7-17(12-16)20-14-27-21-11-10-18(13-19(20)21)25(30)28-22-15-32-24-9-4-3-8-23(24)29(2)26(22)31/h3-14,22,27H,15H2,1-2H3,(H,28,30)/t22-/m0/s1. The molecule has 0 spiro atoms. The summed E-state index contributed by atoms with van der Waals surface area (Å²) in [5.41, 5.74) is 5.40. The van der Waals surface area contributed by atoms with Gasteiger partial charge in [0.25, 0.3) is 11.8 Å². The summed E-state index contributed by atoms with van der Waals surface area (Å²) in [5, 5.41) is 3.80. The summed E-state index contributed by atoms with van der Waals surface area (Å²) in [6.07, 6.45) is 1.95. The molecule has 6 nitrogen and oxygen atoms in total. The van der Waals surface area contributed by atoms with Crippen molar-refractivity contribution in [1.29, 1.82) is 0 Å². The van der Waals surface area contributed by atoms with Crippen LogP contribution in [-0.2, 0) is 4.79 Å². The van der Waals surface area contributed by atoms with Crippen LogP contribution in [0.2, 0.25) is 0 Å². The van der Waals surface area contributed by atoms with Crippen LogP contribution in [-0.4, -0.2) is 36.5 Å². The summed E-state index contributed by atoms with van der Waals surface area (Å²) in [5.74, 6) is 0.0905. The largest absolute Gasteiger partial charge is 0.489 e. The van der Waals surface area contributed by atoms with E-state index >= 15 is 0 Å². The van der Waals surface area contributed by atoms with E-state index in [0.717, 1.165) is 22.0 Å². The fraction of sp³-hybridized carbons (Fsp3) is 0.154. The lowest BCUT2D eigenvalue weighted by molar-refractivity contribution is -0.120. The molecular weight excluding hydrogens is 402 g/mol. The molecule has 5 rings (SSSR count). The summed E-state index contributed by atoms with van der Waals surface area (Å²) < 4.78 is 5.80. The number of hydrogen-bond acceptors (Lipinski definition) is 3. The lowest BCUT2D eigenvalue weighted by atomic mass is 10.0. The molecule has 6 heteroatoms. The second-order valence-electron chi connectivity index (χ2n) is 8.03. The number of ether oxygens (including phenoxy) is 1. The second kappa shape index (κ2) is 7.89. The summed E-state index contributed by atoms with van der Waals surface area (Å²) in [7, 11) is 1.69. The minimum atomic E-state index is -0.780. The Bertz CT molecular complexity index is 1340. The van der Waals surface area contributed by atoms with E-state index in [1.807, 2.05) is 48.7 Å². The van der Waals surface area contributed by atoms with E-state index in [9.17, 15) is 9.59 Å². The van der Waals surface area contributed by atoms with E-state index in [2.05, 4.69) is 35.4 Å². The maximum absolute atomic E-state index is 13.1. The number of carbonyl (C=O) groups excluding carboxylic acids is 2. The third-order valence-corrected chi connectivity index (χ3v) is 5.84. The fourth-order valence-corrected chi connectivity index (χ4v) is 4.11. The number of H-pyrrole nitrogens is 1. The van der Waals surface area contributed by atoms with E-state index < -0.39 is 6.04 Å². The number of nitrogens with zero attached hydrogens (tertiary/aromatic N) is 1. The molecule has 2 heterocycles. The number of anilines is 1. The van der Waals surface area contributed by atoms with Gasteiger partial charge in [-0.3, -0.25) is 9.59 Å². The smallest absolute Gasteiger partial charge is 0.252 e. The van der Waals surface area contributed by atoms with Crippen molar-refractivity contribution in [3.8, 4) is 16.9 Å². The molecule has 1 aliphatic heterocycles. The van der Waals surface area contributed by atoms with Gasteiger partial charge in [-0.2, -0.15) is 0 Å². The first-order valence-electron chi connectivity index (χ1n) is 10.5. The minimum absolute atomic E-state index is 0.0763. The van der Waals surface area contributed by atoms with Crippen molar-refractivity contribution in [3.05, 3.63) is 84.1 Å². The number of aromatic amines is 1. The van der Waals surface area contributed by atoms with Crippen LogP contribution in [0.1, 0.15) is 15.9 Å². The molecule has 0 fully saturated rings. The number of para-hydroxylation sites is 2. The molecule has 0 saturated heterocycles. The number of likely N-dealkylation sites (N-methyl/N-ethyl adjacent to an activating group) is 1. The lowest BCUT2D eigenvalue weighted by Crippen LogP contribution is -2.49. The third kappa shape index (κ3) is 3.50. The van der Waals surface area contributed by atoms with E-state index in [1.165, 1.54) is 10.5 Å². The van der Waals surface area contributed by atoms with Gasteiger partial charge >= 0.3 is 0 Å². The topological polar surface area (TPSA) is 74.4 Å². The van der Waals surface area contributed by atoms with E-state index in [-0.39, 0.29) is 18.4 Å². The molecule has 4 aromatic rings. The molecule has 1 atom stereocenters. The predicted octanol–water partition coefficient (Wildman–Crippen LogP) is 4.30. The van der Waals surface area contributed by atoms with Crippen molar-refractivity contribution in [2.75, 3.05) is 18.6 Å². The maximum Gasteiger partial charge on any atom is 0.252 e. The van der Waals surface area contributed by atoms with Gasteiger partial charge in [-0.15, -0.1) is 0 Å². The number of aryl methyl sites for hydroxylation is 1. The Balaban J connectivity index is 1.42. The first-order chi connectivity index (χ1) is 15.5. The Morgan fingerprint density at radius 1 is 1.09 bits per heavy atom. The van der Waals surface area contributed by atoms with Gasteiger partial charge in [0.15, 0.2) is 0 Å². The van der Waals surface area contributed by atoms with Gasteiger partial charge in [-0.1, -0.05) is 42.0 Å². The molecule has 160 valence electrons. The average Bonchev–Trinajstić information content (AvgIpc) is 3.19. The van der Waals surface area contributed by atoms with Crippen molar-refractivity contribution in [3.63, 3.8) is 0 Å². The predicted molar refractivity (Wildman–Crippen MR) is 125 cm³/mol. The average molecular weight is 425 g/mol. The van der Waals surface area contributed by atoms with Gasteiger partial charge in [-0.05, 0) is 42.8 Å². The second-order valence-corrected chi connectivity index (χ2v) is 8.03. The molecule has 1 aliphatic rings. The van der Waals surface area contributed by atoms with E-state index in [1.54, 1.807) is 13.1 Å². The number of rotatable bonds is 3. The molecule has 0 unspecified atom stereocenters. The zero-order chi connectivity index (χ0) is 22.2. The molecule has 0 saturated carbocycles. The van der Waals surface area contributed by atoms with Crippen LogP contribution < -0.4 is 15.0 Å². The quantitative estimate of drug-likeness (QED) is 0.514. The van der Waals surface area contributed by atoms with Gasteiger partial charge in [0.1, 0.15) is 18.4 Å². The number of nitrogens with one attached hydrogen (secondary N) is 2. The fourth-order valence-electron chi connectivity index (χ4n) is 4.11. The van der Waals surface area contributed by atoms with Crippen LogP contribution in [0.5, 0.6) is 5.75 Å². The third-order valence-electron chi connectivity index (χ3n) is 5.84. The molecule has 2 N–H and O–H groups in total. The molecule has 0 bridgehead atoms. The van der Waals surface area contributed by atoms with Gasteiger partial charge in [0.05, 0.1) is 5.69 Å². The summed E-state index contributed by atoms with van der Waals surface area (Å²) >= 11 is 0. The highest BCUT2D eigenvalue weighted by molar-refractivity contribution is 6.06. The Labute approximate surface area is 185 Å². The number of benzene rings is 3. The van der Waals surface area contributed by atoms with Crippen LogP contribution in [0.25, 0.3) is 22.0 Å². The summed E-state index contributed by atoms with van der Waals surface area (Å²) in [6.45, 7) is 2.13. The number of aromatic nitrogens is 1. The molecular formula is C26H23N3O3. The van der Waals surface area contributed by atoms with Gasteiger partial charge < -0.3 is 19.9 Å². The first kappa shape index (κ1) is 19.9. The van der Waals surface area contributed by atoms with Crippen LogP contribution in [0.3, 0.4) is 0 Å². The highest BCUT2D eigenvalue weighted by Gasteiger charge is 2.30. The lowest BCUT2D eigenvalue weighted by Gasteiger charge is -2.20. The molecule has 0 radical (unpaired) electrons. The highest BCUT2D eigenvalue weighted by Crippen LogP contribution is 2.31. The first-order valence-corrected chi connectivity index (χ1v) is 10.5. The highest BCUT2D eigenvalue weighted by atomic mass is 16.5. The van der Waals surface area contributed by atoms with E-state index in [0.29, 0.717) is 17.0 Å². The van der Waals surface area contributed by atoms with Gasteiger partial charge in [0.2, 0.25) is 0 Å². The van der Waals surface area contributed by atoms with Crippen molar-refractivity contribution >= 4 is 28.4 Å². The van der Waals surface area contributed by atoms with Crippen molar-refractivity contribution < 1.29 is 14.3 Å². The maximum atomic E-state index is 13.1. The van der Waals surface area contributed by atoms with Gasteiger partial charge in [0, 0.05) is 35.3 Å². The van der Waals surface area contributed by atoms with Crippen molar-refractivity contribution in [2.24, 2.45) is 0 Å². The Morgan fingerprint density at radius 2 is 1.94 bits per heavy atom. The van der Waals surface area contributed by atoms with Crippen LogP contribution in [0.4, 0.5) is 5.69 Å². The molecule has 1 aromatic heterocycles. The summed E-state index contributed by atoms with van der Waals surface area (Å²) in [6, 6.07) is 20.3. The van der Waals surface area contributed by atoms with Crippen LogP contribution in [0, 0.1) is 6.92 Å². The SMILES string of the molecule is Cc1cccc(-c2c[nH]c3ccc(C(=O)N[C@H]4COc5ccccc5N(C)C4=O)cc23)c1. The van der Waals surface area contributed by atoms with Crippen molar-refractivity contribution in [1.82, 2.24) is 10.3 Å².